The van der Waals surface area contributed by atoms with E-state index < -0.39 is 0 Å². The van der Waals surface area contributed by atoms with Crippen LogP contribution in [0.2, 0.25) is 0 Å². The van der Waals surface area contributed by atoms with Crippen LogP contribution in [0.4, 0.5) is 0 Å². The highest BCUT2D eigenvalue weighted by Crippen LogP contribution is 2.27. The molecule has 1 fully saturated rings. The first-order chi connectivity index (χ1) is 12.5. The van der Waals surface area contributed by atoms with Gasteiger partial charge < -0.3 is 9.40 Å². The average molecular weight is 372 g/mol. The number of piperazine rings is 1. The number of furan rings is 1. The molecule has 1 saturated heterocycles. The molecule has 1 N–H and O–H groups in total. The van der Waals surface area contributed by atoms with Gasteiger partial charge in [-0.05, 0) is 38.5 Å². The fraction of sp³-hybridized carbons (Fsp3) is 0.474. The summed E-state index contributed by atoms with van der Waals surface area (Å²) in [5.41, 5.74) is 1.03. The maximum absolute atomic E-state index is 12.5. The average Bonchev–Trinajstić information content (AvgIpc) is 3.23. The van der Waals surface area contributed by atoms with Crippen LogP contribution in [0.15, 0.2) is 27.6 Å². The van der Waals surface area contributed by atoms with Crippen molar-refractivity contribution in [1.82, 2.24) is 19.8 Å². The second-order valence-corrected chi connectivity index (χ2v) is 8.19. The second kappa shape index (κ2) is 6.98. The predicted molar refractivity (Wildman–Crippen MR) is 104 cm³/mol. The van der Waals surface area contributed by atoms with Gasteiger partial charge in [-0.2, -0.15) is 0 Å². The highest BCUT2D eigenvalue weighted by molar-refractivity contribution is 7.18. The van der Waals surface area contributed by atoms with Crippen molar-refractivity contribution >= 4 is 21.6 Å². The lowest BCUT2D eigenvalue weighted by Gasteiger charge is -2.37. The van der Waals surface area contributed by atoms with Gasteiger partial charge in [0.1, 0.15) is 16.4 Å². The number of rotatable bonds is 4. The molecule has 138 valence electrons. The number of hydrogen-bond donors (Lipinski definition) is 1. The molecule has 3 aromatic heterocycles. The number of fused-ring (bicyclic) bond motifs is 1. The zero-order chi connectivity index (χ0) is 18.3. The zero-order valence-corrected chi connectivity index (χ0v) is 16.2. The molecule has 0 amide bonds. The Labute approximate surface area is 156 Å². The van der Waals surface area contributed by atoms with E-state index in [1.807, 2.05) is 26.0 Å². The molecule has 1 atom stereocenters. The van der Waals surface area contributed by atoms with Gasteiger partial charge in [-0.3, -0.25) is 14.6 Å². The topological polar surface area (TPSA) is 65.4 Å². The van der Waals surface area contributed by atoms with Crippen LogP contribution in [0.3, 0.4) is 0 Å². The fourth-order valence-electron chi connectivity index (χ4n) is 3.57. The number of hydrogen-bond acceptors (Lipinski definition) is 6. The Kier molecular flexibility index (Phi) is 4.69. The maximum atomic E-state index is 12.5. The number of nitrogens with zero attached hydrogens (tertiary/aromatic N) is 3. The summed E-state index contributed by atoms with van der Waals surface area (Å²) in [4.78, 5) is 27.1. The second-order valence-electron chi connectivity index (χ2n) is 6.98. The molecule has 4 rings (SSSR count). The summed E-state index contributed by atoms with van der Waals surface area (Å²) < 4.78 is 5.44. The monoisotopic (exact) mass is 372 g/mol. The normalized spacial score (nSPS) is 17.8. The SMILES string of the molecule is Cc1sc2nc([C@H](C)N3CCN(Cc4ccco4)CC3)[nH]c(=O)c2c1C. The third kappa shape index (κ3) is 3.22. The largest absolute Gasteiger partial charge is 0.468 e. The van der Waals surface area contributed by atoms with Gasteiger partial charge in [-0.1, -0.05) is 0 Å². The van der Waals surface area contributed by atoms with Gasteiger partial charge in [0, 0.05) is 31.1 Å². The summed E-state index contributed by atoms with van der Waals surface area (Å²) in [5, 5.41) is 0.742. The van der Waals surface area contributed by atoms with Crippen molar-refractivity contribution in [2.24, 2.45) is 0 Å². The molecular weight excluding hydrogens is 348 g/mol. The first kappa shape index (κ1) is 17.5. The van der Waals surface area contributed by atoms with Crippen molar-refractivity contribution in [3.63, 3.8) is 0 Å². The van der Waals surface area contributed by atoms with Gasteiger partial charge >= 0.3 is 0 Å². The molecule has 0 radical (unpaired) electrons. The van der Waals surface area contributed by atoms with E-state index >= 15 is 0 Å². The van der Waals surface area contributed by atoms with Crippen LogP contribution in [0, 0.1) is 13.8 Å². The van der Waals surface area contributed by atoms with E-state index in [1.165, 1.54) is 0 Å². The molecule has 0 bridgehead atoms. The van der Waals surface area contributed by atoms with E-state index in [1.54, 1.807) is 17.6 Å². The zero-order valence-electron chi connectivity index (χ0n) is 15.4. The van der Waals surface area contributed by atoms with Gasteiger partial charge in [0.15, 0.2) is 0 Å². The summed E-state index contributed by atoms with van der Waals surface area (Å²) >= 11 is 1.61. The number of nitrogens with one attached hydrogen (secondary N) is 1. The molecule has 4 heterocycles. The third-order valence-electron chi connectivity index (χ3n) is 5.37. The van der Waals surface area contributed by atoms with Crippen LogP contribution in [0.25, 0.3) is 10.2 Å². The van der Waals surface area contributed by atoms with Gasteiger partial charge in [0.25, 0.3) is 5.56 Å². The van der Waals surface area contributed by atoms with Gasteiger partial charge in [0.2, 0.25) is 0 Å². The van der Waals surface area contributed by atoms with Crippen molar-refractivity contribution in [1.29, 1.82) is 0 Å². The van der Waals surface area contributed by atoms with Gasteiger partial charge in [0.05, 0.1) is 24.2 Å². The minimum atomic E-state index is -0.0184. The van der Waals surface area contributed by atoms with Crippen LogP contribution in [-0.4, -0.2) is 45.9 Å². The Bertz CT molecular complexity index is 952. The van der Waals surface area contributed by atoms with Crippen LogP contribution < -0.4 is 5.56 Å². The summed E-state index contributed by atoms with van der Waals surface area (Å²) in [6.07, 6.45) is 1.72. The highest BCUT2D eigenvalue weighted by atomic mass is 32.1. The summed E-state index contributed by atoms with van der Waals surface area (Å²) in [6, 6.07) is 4.05. The first-order valence-electron chi connectivity index (χ1n) is 9.01. The third-order valence-corrected chi connectivity index (χ3v) is 6.47. The summed E-state index contributed by atoms with van der Waals surface area (Å²) in [6.45, 7) is 10.9. The molecule has 7 heteroatoms. The van der Waals surface area contributed by atoms with Crippen molar-refractivity contribution in [2.45, 2.75) is 33.4 Å². The molecule has 1 aliphatic heterocycles. The molecule has 0 aromatic carbocycles. The number of aromatic amines is 1. The van der Waals surface area contributed by atoms with Crippen molar-refractivity contribution in [3.8, 4) is 0 Å². The molecule has 6 nitrogen and oxygen atoms in total. The molecule has 0 aliphatic carbocycles. The molecule has 0 unspecified atom stereocenters. The van der Waals surface area contributed by atoms with Gasteiger partial charge in [-0.25, -0.2) is 4.98 Å². The van der Waals surface area contributed by atoms with E-state index in [-0.39, 0.29) is 11.6 Å². The van der Waals surface area contributed by atoms with Crippen LogP contribution in [0.5, 0.6) is 0 Å². The molecular formula is C19H24N4O2S. The van der Waals surface area contributed by atoms with Crippen LogP contribution in [-0.2, 0) is 6.54 Å². The molecule has 3 aromatic rings. The van der Waals surface area contributed by atoms with Crippen LogP contribution >= 0.6 is 11.3 Å². The van der Waals surface area contributed by atoms with E-state index in [4.69, 9.17) is 9.40 Å². The Hall–Kier alpha value is -1.96. The lowest BCUT2D eigenvalue weighted by molar-refractivity contribution is 0.0905. The predicted octanol–water partition coefficient (Wildman–Crippen LogP) is 3.07. The van der Waals surface area contributed by atoms with E-state index in [0.29, 0.717) is 0 Å². The molecule has 1 aliphatic rings. The van der Waals surface area contributed by atoms with E-state index in [9.17, 15) is 4.79 Å². The quantitative estimate of drug-likeness (QED) is 0.762. The van der Waals surface area contributed by atoms with Crippen molar-refractivity contribution < 1.29 is 4.42 Å². The Morgan fingerprint density at radius 2 is 2.08 bits per heavy atom. The lowest BCUT2D eigenvalue weighted by atomic mass is 10.2. The standard InChI is InChI=1S/C19H24N4O2S/c1-12-14(3)26-19-16(12)18(24)20-17(21-19)13(2)23-8-6-22(7-9-23)11-15-5-4-10-25-15/h4-5,10,13H,6-9,11H2,1-3H3,(H,20,21,24)/t13-/m0/s1. The first-order valence-corrected chi connectivity index (χ1v) is 9.83. The Morgan fingerprint density at radius 3 is 2.77 bits per heavy atom. The van der Waals surface area contributed by atoms with Crippen molar-refractivity contribution in [2.75, 3.05) is 26.2 Å². The highest BCUT2D eigenvalue weighted by Gasteiger charge is 2.25. The van der Waals surface area contributed by atoms with Gasteiger partial charge in [-0.15, -0.1) is 11.3 Å². The number of thiophene rings is 1. The number of aromatic nitrogens is 2. The number of H-pyrrole nitrogens is 1. The molecule has 26 heavy (non-hydrogen) atoms. The van der Waals surface area contributed by atoms with Crippen molar-refractivity contribution in [3.05, 3.63) is 50.8 Å². The molecule has 0 spiro atoms. The molecule has 0 saturated carbocycles. The van der Waals surface area contributed by atoms with Crippen LogP contribution in [0.1, 0.15) is 35.0 Å². The maximum Gasteiger partial charge on any atom is 0.259 e. The Morgan fingerprint density at radius 1 is 1.31 bits per heavy atom. The van der Waals surface area contributed by atoms with E-state index in [2.05, 4.69) is 21.7 Å². The minimum absolute atomic E-state index is 0.0184. The lowest BCUT2D eigenvalue weighted by Crippen LogP contribution is -2.47. The summed E-state index contributed by atoms with van der Waals surface area (Å²) in [7, 11) is 0. The smallest absolute Gasteiger partial charge is 0.259 e. The Balaban J connectivity index is 1.47. The number of aryl methyl sites for hydroxylation is 2. The van der Waals surface area contributed by atoms with E-state index in [0.717, 1.165) is 65.0 Å². The summed E-state index contributed by atoms with van der Waals surface area (Å²) in [5.74, 6) is 1.77. The fourth-order valence-corrected chi connectivity index (χ4v) is 4.61. The minimum Gasteiger partial charge on any atom is -0.468 e.